The van der Waals surface area contributed by atoms with E-state index in [2.05, 4.69) is 22.5 Å². The normalized spacial score (nSPS) is 10.6. The first-order chi connectivity index (χ1) is 10.2. The molecule has 0 amide bonds. The van der Waals surface area contributed by atoms with Gasteiger partial charge in [-0.3, -0.25) is 5.10 Å². The third kappa shape index (κ3) is 3.98. The molecule has 0 bridgehead atoms. The Bertz CT molecular complexity index is 653. The first-order valence-electron chi connectivity index (χ1n) is 6.97. The Labute approximate surface area is 134 Å². The zero-order valence-electron chi connectivity index (χ0n) is 12.1. The van der Waals surface area contributed by atoms with Crippen molar-refractivity contribution in [3.05, 3.63) is 39.4 Å². The van der Waals surface area contributed by atoms with Gasteiger partial charge in [0.25, 0.3) is 0 Å². The number of nitrogens with one attached hydrogen (secondary N) is 2. The van der Waals surface area contributed by atoms with Crippen molar-refractivity contribution in [3.8, 4) is 5.75 Å². The van der Waals surface area contributed by atoms with Gasteiger partial charge >= 0.3 is 0 Å². The zero-order chi connectivity index (χ0) is 15.2. The Morgan fingerprint density at radius 2 is 2.24 bits per heavy atom. The van der Waals surface area contributed by atoms with Gasteiger partial charge in [0.2, 0.25) is 4.77 Å². The molecule has 2 rings (SSSR count). The Morgan fingerprint density at radius 3 is 2.90 bits per heavy atom. The lowest BCUT2D eigenvalue weighted by atomic mass is 10.2. The van der Waals surface area contributed by atoms with Crippen molar-refractivity contribution >= 4 is 23.8 Å². The van der Waals surface area contributed by atoms with E-state index >= 15 is 0 Å². The Morgan fingerprint density at radius 1 is 1.43 bits per heavy atom. The summed E-state index contributed by atoms with van der Waals surface area (Å²) in [5.41, 5.74) is 4.31. The van der Waals surface area contributed by atoms with E-state index in [-0.39, 0.29) is 0 Å². The van der Waals surface area contributed by atoms with Crippen LogP contribution in [0.25, 0.3) is 0 Å². The molecule has 1 aromatic heterocycles. The van der Waals surface area contributed by atoms with Crippen molar-refractivity contribution in [1.82, 2.24) is 14.9 Å². The van der Waals surface area contributed by atoms with Crippen LogP contribution in [0.4, 0.5) is 0 Å². The number of ether oxygens (including phenoxy) is 1. The predicted molar refractivity (Wildman–Crippen MR) is 87.1 cm³/mol. The molecule has 1 heterocycles. The minimum Gasteiger partial charge on any atom is -0.492 e. The number of benzene rings is 1. The molecule has 0 aliphatic heterocycles. The molecule has 0 spiro atoms. The van der Waals surface area contributed by atoms with Crippen molar-refractivity contribution in [3.63, 3.8) is 0 Å². The lowest BCUT2D eigenvalue weighted by Crippen LogP contribution is -2.17. The number of hydrogen-bond acceptors (Lipinski definition) is 4. The van der Waals surface area contributed by atoms with Crippen LogP contribution in [0, 0.1) is 4.77 Å². The van der Waals surface area contributed by atoms with Gasteiger partial charge in [0.15, 0.2) is 5.82 Å². The molecule has 114 valence electrons. The number of aromatic nitrogens is 3. The number of aryl methyl sites for hydroxylation is 1. The molecule has 0 saturated heterocycles. The monoisotopic (exact) mass is 326 g/mol. The van der Waals surface area contributed by atoms with Gasteiger partial charge in [-0.25, -0.2) is 4.68 Å². The van der Waals surface area contributed by atoms with E-state index < -0.39 is 0 Å². The second kappa shape index (κ2) is 7.47. The molecule has 2 aromatic rings. The lowest BCUT2D eigenvalue weighted by Gasteiger charge is -2.11. The van der Waals surface area contributed by atoms with Crippen LogP contribution in [0.1, 0.15) is 31.7 Å². The first-order valence-corrected chi connectivity index (χ1v) is 7.75. The molecule has 1 aromatic carbocycles. The van der Waals surface area contributed by atoms with Crippen LogP contribution in [0.15, 0.2) is 18.2 Å². The van der Waals surface area contributed by atoms with E-state index in [1.165, 1.54) is 0 Å². The molecular weight excluding hydrogens is 308 g/mol. The van der Waals surface area contributed by atoms with Gasteiger partial charge in [-0.1, -0.05) is 24.6 Å². The van der Waals surface area contributed by atoms with Gasteiger partial charge in [-0.15, -0.1) is 0 Å². The SMILES string of the molecule is CCCc1n[nH]c(=S)n1NCc1ccc(OCC)c(Cl)c1. The van der Waals surface area contributed by atoms with E-state index in [9.17, 15) is 0 Å². The van der Waals surface area contributed by atoms with E-state index in [1.807, 2.05) is 29.8 Å². The molecule has 5 nitrogen and oxygen atoms in total. The fourth-order valence-electron chi connectivity index (χ4n) is 1.98. The summed E-state index contributed by atoms with van der Waals surface area (Å²) in [4.78, 5) is 0. The van der Waals surface area contributed by atoms with Gasteiger partial charge in [-0.05, 0) is 43.3 Å². The molecular formula is C14H19ClN4OS. The maximum absolute atomic E-state index is 6.18. The van der Waals surface area contributed by atoms with E-state index in [1.54, 1.807) is 0 Å². The Balaban J connectivity index is 2.08. The van der Waals surface area contributed by atoms with Crippen LogP contribution >= 0.6 is 23.8 Å². The van der Waals surface area contributed by atoms with Gasteiger partial charge in [0.1, 0.15) is 5.75 Å². The summed E-state index contributed by atoms with van der Waals surface area (Å²) >= 11 is 11.4. The summed E-state index contributed by atoms with van der Waals surface area (Å²) in [5.74, 6) is 1.61. The molecule has 0 atom stereocenters. The molecule has 0 radical (unpaired) electrons. The van der Waals surface area contributed by atoms with Gasteiger partial charge in [-0.2, -0.15) is 5.10 Å². The van der Waals surface area contributed by atoms with E-state index in [0.29, 0.717) is 28.7 Å². The molecule has 7 heteroatoms. The highest BCUT2D eigenvalue weighted by molar-refractivity contribution is 7.71. The first kappa shape index (κ1) is 15.9. The fraction of sp³-hybridized carbons (Fsp3) is 0.429. The maximum Gasteiger partial charge on any atom is 0.214 e. The molecule has 0 aliphatic rings. The lowest BCUT2D eigenvalue weighted by molar-refractivity contribution is 0.340. The second-order valence-electron chi connectivity index (χ2n) is 4.56. The largest absolute Gasteiger partial charge is 0.492 e. The molecule has 21 heavy (non-hydrogen) atoms. The van der Waals surface area contributed by atoms with Gasteiger partial charge in [0.05, 0.1) is 18.2 Å². The smallest absolute Gasteiger partial charge is 0.214 e. The van der Waals surface area contributed by atoms with E-state index in [0.717, 1.165) is 24.2 Å². The summed E-state index contributed by atoms with van der Waals surface area (Å²) < 4.78 is 7.80. The highest BCUT2D eigenvalue weighted by Crippen LogP contribution is 2.25. The Hall–Kier alpha value is -1.53. The molecule has 0 saturated carbocycles. The highest BCUT2D eigenvalue weighted by atomic mass is 35.5. The quantitative estimate of drug-likeness (QED) is 0.762. The van der Waals surface area contributed by atoms with Crippen LogP contribution in [-0.2, 0) is 13.0 Å². The fourth-order valence-corrected chi connectivity index (χ4v) is 2.45. The van der Waals surface area contributed by atoms with Crippen molar-refractivity contribution in [2.24, 2.45) is 0 Å². The number of H-pyrrole nitrogens is 1. The van der Waals surface area contributed by atoms with Crippen LogP contribution in [0.2, 0.25) is 5.02 Å². The summed E-state index contributed by atoms with van der Waals surface area (Å²) in [6, 6.07) is 5.75. The van der Waals surface area contributed by atoms with Crippen molar-refractivity contribution in [2.75, 3.05) is 12.0 Å². The van der Waals surface area contributed by atoms with Crippen molar-refractivity contribution in [2.45, 2.75) is 33.2 Å². The summed E-state index contributed by atoms with van der Waals surface area (Å²) in [7, 11) is 0. The number of hydrogen-bond donors (Lipinski definition) is 2. The van der Waals surface area contributed by atoms with Crippen LogP contribution < -0.4 is 10.2 Å². The topological polar surface area (TPSA) is 54.9 Å². The maximum atomic E-state index is 6.18. The average Bonchev–Trinajstić information content (AvgIpc) is 2.81. The number of nitrogens with zero attached hydrogens (tertiary/aromatic N) is 2. The summed E-state index contributed by atoms with van der Waals surface area (Å²) in [6.45, 7) is 5.24. The van der Waals surface area contributed by atoms with Gasteiger partial charge in [0, 0.05) is 6.42 Å². The second-order valence-corrected chi connectivity index (χ2v) is 5.36. The molecule has 2 N–H and O–H groups in total. The predicted octanol–water partition coefficient (Wildman–Crippen LogP) is 3.69. The summed E-state index contributed by atoms with van der Waals surface area (Å²) in [6.07, 6.45) is 1.88. The summed E-state index contributed by atoms with van der Waals surface area (Å²) in [5, 5.41) is 7.63. The van der Waals surface area contributed by atoms with Crippen molar-refractivity contribution in [1.29, 1.82) is 0 Å². The van der Waals surface area contributed by atoms with Gasteiger partial charge < -0.3 is 10.2 Å². The highest BCUT2D eigenvalue weighted by Gasteiger charge is 2.06. The number of rotatable bonds is 7. The molecule has 0 unspecified atom stereocenters. The van der Waals surface area contributed by atoms with E-state index in [4.69, 9.17) is 28.6 Å². The molecule has 0 aliphatic carbocycles. The van der Waals surface area contributed by atoms with Crippen LogP contribution in [-0.4, -0.2) is 21.5 Å². The standard InChI is InChI=1S/C14H19ClN4OS/c1-3-5-13-17-18-14(21)19(13)16-9-10-6-7-12(20-4-2)11(15)8-10/h6-8,16H,3-5,9H2,1-2H3,(H,18,21). The zero-order valence-corrected chi connectivity index (χ0v) is 13.7. The minimum atomic E-state index is 0.565. The third-order valence-electron chi connectivity index (χ3n) is 2.95. The van der Waals surface area contributed by atoms with Crippen molar-refractivity contribution < 1.29 is 4.74 Å². The average molecular weight is 327 g/mol. The minimum absolute atomic E-state index is 0.565. The third-order valence-corrected chi connectivity index (χ3v) is 3.52. The molecule has 0 fully saturated rings. The number of halogens is 1. The van der Waals surface area contributed by atoms with Crippen LogP contribution in [0.5, 0.6) is 5.75 Å². The Kier molecular flexibility index (Phi) is 5.64. The number of aromatic amines is 1. The van der Waals surface area contributed by atoms with Crippen LogP contribution in [0.3, 0.4) is 0 Å².